The molecule has 0 bridgehead atoms. The first kappa shape index (κ1) is 16.7. The third kappa shape index (κ3) is 3.66. The minimum absolute atomic E-state index is 0.0541. The maximum atomic E-state index is 4.56. The zero-order chi connectivity index (χ0) is 18.9. The largest absolute Gasteiger partial charge is 0.348 e. The van der Waals surface area contributed by atoms with Crippen LogP contribution in [0.5, 0.6) is 0 Å². The molecule has 0 radical (unpaired) electrons. The average molecular weight is 374 g/mol. The third-order valence-electron chi connectivity index (χ3n) is 5.04. The molecule has 0 aliphatic heterocycles. The van der Waals surface area contributed by atoms with Crippen molar-refractivity contribution in [2.75, 3.05) is 10.6 Å². The first-order valence-electron chi connectivity index (χ1n) is 9.57. The van der Waals surface area contributed by atoms with Crippen LogP contribution in [0.2, 0.25) is 0 Å². The number of imidazole rings is 1. The molecular weight excluding hydrogens is 352 g/mol. The molecule has 4 aromatic rings. The van der Waals surface area contributed by atoms with Crippen molar-refractivity contribution >= 4 is 28.6 Å². The van der Waals surface area contributed by atoms with Crippen molar-refractivity contribution in [1.29, 1.82) is 0 Å². The molecule has 3 aromatic heterocycles. The number of aromatic amines is 2. The van der Waals surface area contributed by atoms with Crippen molar-refractivity contribution < 1.29 is 0 Å². The number of anilines is 3. The molecule has 1 aliphatic rings. The summed E-state index contributed by atoms with van der Waals surface area (Å²) in [5, 5.41) is 14.0. The van der Waals surface area contributed by atoms with E-state index in [-0.39, 0.29) is 6.04 Å². The van der Waals surface area contributed by atoms with Crippen LogP contribution in [-0.4, -0.2) is 30.1 Å². The van der Waals surface area contributed by atoms with Gasteiger partial charge < -0.3 is 15.6 Å². The molecule has 0 saturated heterocycles. The lowest BCUT2D eigenvalue weighted by molar-refractivity contribution is 0.796. The van der Waals surface area contributed by atoms with E-state index in [1.165, 1.54) is 18.5 Å². The Morgan fingerprint density at radius 1 is 1.14 bits per heavy atom. The van der Waals surface area contributed by atoms with E-state index in [1.807, 2.05) is 12.1 Å². The summed E-state index contributed by atoms with van der Waals surface area (Å²) in [6, 6.07) is 10.1. The van der Waals surface area contributed by atoms with Gasteiger partial charge in [-0.3, -0.25) is 5.10 Å². The fourth-order valence-electron chi connectivity index (χ4n) is 3.29. The van der Waals surface area contributed by atoms with Gasteiger partial charge in [-0.25, -0.2) is 9.97 Å². The Labute approximate surface area is 162 Å². The summed E-state index contributed by atoms with van der Waals surface area (Å²) in [4.78, 5) is 16.3. The van der Waals surface area contributed by atoms with Crippen molar-refractivity contribution in [2.24, 2.45) is 5.92 Å². The molecule has 1 aromatic carbocycles. The van der Waals surface area contributed by atoms with Gasteiger partial charge in [0.05, 0.1) is 23.4 Å². The second kappa shape index (κ2) is 6.95. The van der Waals surface area contributed by atoms with Gasteiger partial charge in [0, 0.05) is 18.0 Å². The van der Waals surface area contributed by atoms with E-state index in [1.54, 1.807) is 12.5 Å². The Bertz CT molecular complexity index is 1090. The van der Waals surface area contributed by atoms with Crippen LogP contribution in [0.15, 0.2) is 42.9 Å². The second-order valence-electron chi connectivity index (χ2n) is 7.36. The van der Waals surface area contributed by atoms with E-state index < -0.39 is 0 Å². The highest BCUT2D eigenvalue weighted by Gasteiger charge is 2.22. The number of benzene rings is 1. The molecule has 1 unspecified atom stereocenters. The van der Waals surface area contributed by atoms with Gasteiger partial charge in [0.25, 0.3) is 0 Å². The van der Waals surface area contributed by atoms with E-state index >= 15 is 0 Å². The molecular formula is C20H22N8. The molecule has 28 heavy (non-hydrogen) atoms. The van der Waals surface area contributed by atoms with Crippen LogP contribution in [0, 0.1) is 5.92 Å². The SMILES string of the molecule is CC(Nc1nccc(Nc2cc(CC3CC3)[nH]n2)n1)c1ccc2nc[nH]c2c1. The average Bonchev–Trinajstić information content (AvgIpc) is 3.20. The van der Waals surface area contributed by atoms with Crippen LogP contribution >= 0.6 is 0 Å². The van der Waals surface area contributed by atoms with Crippen LogP contribution < -0.4 is 10.6 Å². The first-order valence-corrected chi connectivity index (χ1v) is 9.57. The quantitative estimate of drug-likeness (QED) is 0.390. The molecule has 1 aliphatic carbocycles. The van der Waals surface area contributed by atoms with Crippen LogP contribution in [0.3, 0.4) is 0 Å². The number of aromatic nitrogens is 6. The Kier molecular flexibility index (Phi) is 4.16. The minimum atomic E-state index is 0.0541. The summed E-state index contributed by atoms with van der Waals surface area (Å²) in [5.41, 5.74) is 4.28. The maximum absolute atomic E-state index is 4.56. The Hall–Kier alpha value is -3.42. The highest BCUT2D eigenvalue weighted by molar-refractivity contribution is 5.75. The van der Waals surface area contributed by atoms with Crippen molar-refractivity contribution in [3.8, 4) is 0 Å². The number of hydrogen-bond donors (Lipinski definition) is 4. The third-order valence-corrected chi connectivity index (χ3v) is 5.04. The fraction of sp³-hybridized carbons (Fsp3) is 0.300. The monoisotopic (exact) mass is 374 g/mol. The number of hydrogen-bond acceptors (Lipinski definition) is 6. The first-order chi connectivity index (χ1) is 13.7. The van der Waals surface area contributed by atoms with Crippen LogP contribution in [0.4, 0.5) is 17.6 Å². The minimum Gasteiger partial charge on any atom is -0.348 e. The van der Waals surface area contributed by atoms with Gasteiger partial charge in [-0.15, -0.1) is 0 Å². The van der Waals surface area contributed by atoms with Gasteiger partial charge in [-0.2, -0.15) is 10.1 Å². The molecule has 1 atom stereocenters. The van der Waals surface area contributed by atoms with E-state index in [2.05, 4.69) is 65.9 Å². The van der Waals surface area contributed by atoms with Gasteiger partial charge >= 0.3 is 0 Å². The summed E-state index contributed by atoms with van der Waals surface area (Å²) in [6.07, 6.45) is 7.17. The van der Waals surface area contributed by atoms with E-state index in [9.17, 15) is 0 Å². The van der Waals surface area contributed by atoms with Crippen molar-refractivity contribution in [3.63, 3.8) is 0 Å². The predicted molar refractivity (Wildman–Crippen MR) is 108 cm³/mol. The lowest BCUT2D eigenvalue weighted by Gasteiger charge is -2.14. The molecule has 0 amide bonds. The molecule has 1 fully saturated rings. The van der Waals surface area contributed by atoms with Gasteiger partial charge in [0.1, 0.15) is 5.82 Å². The van der Waals surface area contributed by atoms with Crippen molar-refractivity contribution in [3.05, 3.63) is 54.1 Å². The molecule has 8 nitrogen and oxygen atoms in total. The molecule has 0 spiro atoms. The molecule has 8 heteroatoms. The Morgan fingerprint density at radius 3 is 2.96 bits per heavy atom. The number of H-pyrrole nitrogens is 2. The Morgan fingerprint density at radius 2 is 2.07 bits per heavy atom. The molecule has 3 heterocycles. The zero-order valence-corrected chi connectivity index (χ0v) is 15.6. The predicted octanol–water partition coefficient (Wildman–Crippen LogP) is 3.95. The number of rotatable bonds is 7. The standard InChI is InChI=1S/C20H22N8/c1-12(14-4-5-16-17(9-14)23-11-22-16)24-20-21-7-6-18(26-20)25-19-10-15(27-28-19)8-13-2-3-13/h4-7,9-13H,2-3,8H2,1H3,(H,22,23)(H3,21,24,25,26,27,28). The zero-order valence-electron chi connectivity index (χ0n) is 15.6. The maximum Gasteiger partial charge on any atom is 0.225 e. The van der Waals surface area contributed by atoms with Crippen LogP contribution in [-0.2, 0) is 6.42 Å². The number of nitrogens with zero attached hydrogens (tertiary/aromatic N) is 4. The van der Waals surface area contributed by atoms with Crippen molar-refractivity contribution in [1.82, 2.24) is 30.1 Å². The normalized spacial score (nSPS) is 14.9. The topological polar surface area (TPSA) is 107 Å². The summed E-state index contributed by atoms with van der Waals surface area (Å²) < 4.78 is 0. The van der Waals surface area contributed by atoms with Crippen LogP contribution in [0.25, 0.3) is 11.0 Å². The van der Waals surface area contributed by atoms with Crippen LogP contribution in [0.1, 0.15) is 37.1 Å². The number of nitrogens with one attached hydrogen (secondary N) is 4. The van der Waals surface area contributed by atoms with Gasteiger partial charge in [-0.05, 0) is 55.9 Å². The van der Waals surface area contributed by atoms with Crippen molar-refractivity contribution in [2.45, 2.75) is 32.2 Å². The summed E-state index contributed by atoms with van der Waals surface area (Å²) >= 11 is 0. The number of fused-ring (bicyclic) bond motifs is 1. The van der Waals surface area contributed by atoms with Gasteiger partial charge in [0.15, 0.2) is 5.82 Å². The lowest BCUT2D eigenvalue weighted by atomic mass is 10.1. The second-order valence-corrected chi connectivity index (χ2v) is 7.36. The Balaban J connectivity index is 1.27. The van der Waals surface area contributed by atoms with E-state index in [0.717, 1.165) is 34.8 Å². The summed E-state index contributed by atoms with van der Waals surface area (Å²) in [5.74, 6) is 2.87. The molecule has 142 valence electrons. The van der Waals surface area contributed by atoms with Gasteiger partial charge in [0.2, 0.25) is 5.95 Å². The molecule has 5 rings (SSSR count). The smallest absolute Gasteiger partial charge is 0.225 e. The highest BCUT2D eigenvalue weighted by Crippen LogP contribution is 2.32. The summed E-state index contributed by atoms with van der Waals surface area (Å²) in [6.45, 7) is 2.08. The fourth-order valence-corrected chi connectivity index (χ4v) is 3.29. The van der Waals surface area contributed by atoms with E-state index in [0.29, 0.717) is 11.8 Å². The lowest BCUT2D eigenvalue weighted by Crippen LogP contribution is -2.10. The molecule has 1 saturated carbocycles. The molecule has 4 N–H and O–H groups in total. The summed E-state index contributed by atoms with van der Waals surface area (Å²) in [7, 11) is 0. The van der Waals surface area contributed by atoms with E-state index in [4.69, 9.17) is 0 Å². The van der Waals surface area contributed by atoms with Gasteiger partial charge in [-0.1, -0.05) is 6.07 Å². The highest BCUT2D eigenvalue weighted by atomic mass is 15.2.